The van der Waals surface area contributed by atoms with Gasteiger partial charge in [-0.05, 0) is 11.8 Å². The van der Waals surface area contributed by atoms with Crippen LogP contribution in [0, 0.1) is 11.8 Å². The van der Waals surface area contributed by atoms with Crippen LogP contribution in [0.25, 0.3) is 0 Å². The van der Waals surface area contributed by atoms with E-state index >= 15 is 0 Å². The molecule has 0 aliphatic rings. The fraction of sp³-hybridized carbons (Fsp3) is 1.00. The largest absolute Gasteiger partial charge is 0.337 e. The van der Waals surface area contributed by atoms with Crippen molar-refractivity contribution in [3.05, 3.63) is 0 Å². The van der Waals surface area contributed by atoms with Crippen molar-refractivity contribution < 1.29 is 9.05 Å². The Morgan fingerprint density at radius 3 is 1.92 bits per heavy atom. The van der Waals surface area contributed by atoms with E-state index in [0.29, 0.717) is 5.92 Å². The molecular weight excluding hydrogens is 171 g/mol. The molecule has 0 aromatic heterocycles. The average molecular weight is 192 g/mol. The number of hydrogen-bond donors (Lipinski definition) is 0. The topological polar surface area (TPSA) is 18.5 Å². The summed E-state index contributed by atoms with van der Waals surface area (Å²) in [5.41, 5.74) is 0. The molecule has 3 heteroatoms. The van der Waals surface area contributed by atoms with Gasteiger partial charge in [-0.15, -0.1) is 0 Å². The fourth-order valence-corrected chi connectivity index (χ4v) is 2.32. The molecule has 0 aromatic rings. The van der Waals surface area contributed by atoms with Crippen molar-refractivity contribution in [1.82, 2.24) is 0 Å². The van der Waals surface area contributed by atoms with Crippen LogP contribution in [-0.2, 0) is 9.05 Å². The third-order valence-electron chi connectivity index (χ3n) is 2.46. The fourth-order valence-electron chi connectivity index (χ4n) is 1.04. The van der Waals surface area contributed by atoms with Gasteiger partial charge in [0.05, 0.1) is 0 Å². The van der Waals surface area contributed by atoms with E-state index in [1.807, 2.05) is 0 Å². The standard InChI is InChI=1S/C9H21O2P/c1-6-8(2)9(3)7-12(10-4)11-5/h8-9H,6-7H2,1-5H3. The molecule has 12 heavy (non-hydrogen) atoms. The first-order valence-corrected chi connectivity index (χ1v) is 5.87. The highest BCUT2D eigenvalue weighted by molar-refractivity contribution is 7.47. The molecule has 0 rings (SSSR count). The van der Waals surface area contributed by atoms with Crippen LogP contribution in [0.3, 0.4) is 0 Å². The summed E-state index contributed by atoms with van der Waals surface area (Å²) < 4.78 is 10.4. The van der Waals surface area contributed by atoms with Gasteiger partial charge in [-0.25, -0.2) is 0 Å². The van der Waals surface area contributed by atoms with Crippen molar-refractivity contribution in [3.8, 4) is 0 Å². The van der Waals surface area contributed by atoms with E-state index in [0.717, 1.165) is 12.1 Å². The Hall–Kier alpha value is 0.350. The van der Waals surface area contributed by atoms with E-state index in [4.69, 9.17) is 9.05 Å². The van der Waals surface area contributed by atoms with E-state index in [2.05, 4.69) is 20.8 Å². The van der Waals surface area contributed by atoms with E-state index in [1.165, 1.54) is 6.42 Å². The predicted molar refractivity (Wildman–Crippen MR) is 54.4 cm³/mol. The Morgan fingerprint density at radius 1 is 1.08 bits per heavy atom. The molecule has 0 aromatic carbocycles. The number of hydrogen-bond acceptors (Lipinski definition) is 2. The maximum atomic E-state index is 5.21. The van der Waals surface area contributed by atoms with E-state index in [9.17, 15) is 0 Å². The van der Waals surface area contributed by atoms with E-state index < -0.39 is 8.38 Å². The Balaban J connectivity index is 3.72. The molecular formula is C9H21O2P. The summed E-state index contributed by atoms with van der Waals surface area (Å²) in [5, 5.41) is 0. The summed E-state index contributed by atoms with van der Waals surface area (Å²) in [6.45, 7) is 6.77. The van der Waals surface area contributed by atoms with Crippen LogP contribution in [0.1, 0.15) is 27.2 Å². The smallest absolute Gasteiger partial charge is 0.170 e. The van der Waals surface area contributed by atoms with Gasteiger partial charge in [0.1, 0.15) is 0 Å². The molecule has 0 spiro atoms. The molecule has 2 atom stereocenters. The summed E-state index contributed by atoms with van der Waals surface area (Å²) >= 11 is 0. The van der Waals surface area contributed by atoms with Crippen LogP contribution in [-0.4, -0.2) is 20.4 Å². The summed E-state index contributed by atoms with van der Waals surface area (Å²) in [7, 11) is 2.81. The second-order valence-electron chi connectivity index (χ2n) is 3.24. The van der Waals surface area contributed by atoms with Gasteiger partial charge >= 0.3 is 0 Å². The first kappa shape index (κ1) is 12.3. The van der Waals surface area contributed by atoms with Gasteiger partial charge in [0.25, 0.3) is 0 Å². The lowest BCUT2D eigenvalue weighted by molar-refractivity contribution is 0.321. The van der Waals surface area contributed by atoms with Crippen molar-refractivity contribution in [2.45, 2.75) is 27.2 Å². The quantitative estimate of drug-likeness (QED) is 0.601. The highest BCUT2D eigenvalue weighted by atomic mass is 31.2. The number of rotatable bonds is 6. The van der Waals surface area contributed by atoms with Gasteiger partial charge in [0.2, 0.25) is 0 Å². The minimum absolute atomic E-state index is 0.634. The Kier molecular flexibility index (Phi) is 7.02. The predicted octanol–water partition coefficient (Wildman–Crippen LogP) is 3.27. The zero-order chi connectivity index (χ0) is 9.56. The van der Waals surface area contributed by atoms with Crippen LogP contribution in [0.2, 0.25) is 0 Å². The SMILES string of the molecule is CCC(C)C(C)CP(OC)OC. The highest BCUT2D eigenvalue weighted by Gasteiger charge is 2.16. The third kappa shape index (κ3) is 4.39. The molecule has 0 bridgehead atoms. The molecule has 0 aliphatic carbocycles. The van der Waals surface area contributed by atoms with Gasteiger partial charge in [-0.1, -0.05) is 27.2 Å². The zero-order valence-electron chi connectivity index (χ0n) is 8.83. The van der Waals surface area contributed by atoms with Gasteiger partial charge in [-0.3, -0.25) is 0 Å². The first-order chi connectivity index (χ1) is 5.65. The third-order valence-corrected chi connectivity index (χ3v) is 4.15. The van der Waals surface area contributed by atoms with Crippen LogP contribution < -0.4 is 0 Å². The molecule has 0 heterocycles. The molecule has 0 saturated carbocycles. The average Bonchev–Trinajstić information content (AvgIpc) is 2.12. The second-order valence-corrected chi connectivity index (χ2v) is 5.00. The van der Waals surface area contributed by atoms with Crippen molar-refractivity contribution >= 4 is 8.38 Å². The van der Waals surface area contributed by atoms with Crippen molar-refractivity contribution in [3.63, 3.8) is 0 Å². The van der Waals surface area contributed by atoms with E-state index in [-0.39, 0.29) is 0 Å². The molecule has 0 fully saturated rings. The Bertz CT molecular complexity index is 105. The summed E-state index contributed by atoms with van der Waals surface area (Å²) in [6, 6.07) is 0. The monoisotopic (exact) mass is 192 g/mol. The van der Waals surface area contributed by atoms with Crippen LogP contribution in [0.5, 0.6) is 0 Å². The van der Waals surface area contributed by atoms with Crippen molar-refractivity contribution in [2.75, 3.05) is 20.4 Å². The van der Waals surface area contributed by atoms with Gasteiger partial charge in [0.15, 0.2) is 8.38 Å². The molecule has 0 aliphatic heterocycles. The zero-order valence-corrected chi connectivity index (χ0v) is 9.73. The van der Waals surface area contributed by atoms with Crippen molar-refractivity contribution in [2.24, 2.45) is 11.8 Å². The molecule has 74 valence electrons. The summed E-state index contributed by atoms with van der Waals surface area (Å²) in [5.74, 6) is 1.46. The molecule has 2 unspecified atom stereocenters. The van der Waals surface area contributed by atoms with Crippen LogP contribution in [0.15, 0.2) is 0 Å². The van der Waals surface area contributed by atoms with Gasteiger partial charge in [-0.2, -0.15) is 0 Å². The maximum Gasteiger partial charge on any atom is 0.170 e. The second kappa shape index (κ2) is 6.82. The van der Waals surface area contributed by atoms with Crippen molar-refractivity contribution in [1.29, 1.82) is 0 Å². The Morgan fingerprint density at radius 2 is 1.58 bits per heavy atom. The highest BCUT2D eigenvalue weighted by Crippen LogP contribution is 2.39. The lowest BCUT2D eigenvalue weighted by Crippen LogP contribution is -2.11. The lowest BCUT2D eigenvalue weighted by atomic mass is 9.96. The molecule has 0 N–H and O–H groups in total. The first-order valence-electron chi connectivity index (χ1n) is 4.51. The van der Waals surface area contributed by atoms with Gasteiger partial charge < -0.3 is 9.05 Å². The minimum atomic E-state index is -0.634. The molecule has 0 radical (unpaired) electrons. The van der Waals surface area contributed by atoms with Crippen LogP contribution >= 0.6 is 8.38 Å². The minimum Gasteiger partial charge on any atom is -0.337 e. The van der Waals surface area contributed by atoms with Crippen LogP contribution in [0.4, 0.5) is 0 Å². The normalized spacial score (nSPS) is 16.5. The Labute approximate surface area is 77.6 Å². The maximum absolute atomic E-state index is 5.21. The van der Waals surface area contributed by atoms with E-state index in [1.54, 1.807) is 14.2 Å². The van der Waals surface area contributed by atoms with Gasteiger partial charge in [0, 0.05) is 20.4 Å². The summed E-state index contributed by atoms with van der Waals surface area (Å²) in [4.78, 5) is 0. The molecule has 0 amide bonds. The summed E-state index contributed by atoms with van der Waals surface area (Å²) in [6.07, 6.45) is 2.29. The molecule has 0 saturated heterocycles. The lowest BCUT2D eigenvalue weighted by Gasteiger charge is -2.21. The molecule has 2 nitrogen and oxygen atoms in total.